The second-order valence-electron chi connectivity index (χ2n) is 9.82. The van der Waals surface area contributed by atoms with E-state index in [1.807, 2.05) is 64.2 Å². The van der Waals surface area contributed by atoms with Gasteiger partial charge in [0, 0.05) is 18.7 Å². The number of aromatic nitrogens is 4. The average Bonchev–Trinajstić information content (AvgIpc) is 3.28. The standard InChI is InChI=1S/C28H28N6O2/c1-2-23(35)33-14-6-13-28(17-33)15-20(16-28)34-27-24(26(29)30-18-31-27)25(32-34)19-9-11-22(12-10-19)36-21-7-4-3-5-8-21/h2-5,7-12,18,20H,1,6,13-17H2,(H2,29,30,31). The predicted molar refractivity (Wildman–Crippen MR) is 138 cm³/mol. The average molecular weight is 481 g/mol. The molecule has 1 saturated heterocycles. The second-order valence-corrected chi connectivity index (χ2v) is 9.82. The summed E-state index contributed by atoms with van der Waals surface area (Å²) in [6.45, 7) is 5.23. The van der Waals surface area contributed by atoms with Gasteiger partial charge in [0.1, 0.15) is 29.3 Å². The summed E-state index contributed by atoms with van der Waals surface area (Å²) in [6.07, 6.45) is 6.96. The van der Waals surface area contributed by atoms with Crippen LogP contribution in [0.25, 0.3) is 22.3 Å². The van der Waals surface area contributed by atoms with Crippen LogP contribution < -0.4 is 10.5 Å². The molecule has 8 heteroatoms. The highest BCUT2D eigenvalue weighted by atomic mass is 16.5. The number of likely N-dealkylation sites (tertiary alicyclic amines) is 1. The molecule has 1 aliphatic carbocycles. The molecule has 4 aromatic rings. The van der Waals surface area contributed by atoms with Gasteiger partial charge in [0.25, 0.3) is 0 Å². The first kappa shape index (κ1) is 22.3. The molecule has 1 amide bonds. The van der Waals surface area contributed by atoms with E-state index >= 15 is 0 Å². The zero-order valence-electron chi connectivity index (χ0n) is 20.0. The number of hydrogen-bond acceptors (Lipinski definition) is 6. The highest BCUT2D eigenvalue weighted by Crippen LogP contribution is 2.54. The molecule has 2 N–H and O–H groups in total. The summed E-state index contributed by atoms with van der Waals surface area (Å²) in [5.41, 5.74) is 8.89. The van der Waals surface area contributed by atoms with Gasteiger partial charge in [-0.2, -0.15) is 5.10 Å². The monoisotopic (exact) mass is 480 g/mol. The van der Waals surface area contributed by atoms with Crippen molar-refractivity contribution >= 4 is 22.8 Å². The Balaban J connectivity index is 1.28. The van der Waals surface area contributed by atoms with E-state index in [-0.39, 0.29) is 17.4 Å². The molecule has 2 aliphatic rings. The smallest absolute Gasteiger partial charge is 0.245 e. The number of piperidine rings is 1. The van der Waals surface area contributed by atoms with Gasteiger partial charge in [0.05, 0.1) is 11.4 Å². The third kappa shape index (κ3) is 3.88. The Bertz CT molecular complexity index is 1420. The van der Waals surface area contributed by atoms with Crippen LogP contribution in [0.4, 0.5) is 5.82 Å². The molecular formula is C28H28N6O2. The SMILES string of the molecule is C=CC(=O)N1CCCC2(CC(n3nc(-c4ccc(Oc5ccccc5)cc4)c4c(N)ncnc43)C2)C1. The van der Waals surface area contributed by atoms with Crippen LogP contribution in [0, 0.1) is 5.41 Å². The summed E-state index contributed by atoms with van der Waals surface area (Å²) in [4.78, 5) is 22.9. The maximum absolute atomic E-state index is 12.2. The van der Waals surface area contributed by atoms with E-state index in [9.17, 15) is 4.79 Å². The van der Waals surface area contributed by atoms with Crippen LogP contribution in [0.3, 0.4) is 0 Å². The Labute approximate surface area is 209 Å². The molecule has 1 saturated carbocycles. The first-order valence-corrected chi connectivity index (χ1v) is 12.3. The molecule has 0 bridgehead atoms. The highest BCUT2D eigenvalue weighted by Gasteiger charge is 2.48. The number of carbonyl (C=O) groups is 1. The van der Waals surface area contributed by atoms with Crippen molar-refractivity contribution in [3.05, 3.63) is 73.6 Å². The Kier molecular flexibility index (Phi) is 5.44. The molecule has 0 unspecified atom stereocenters. The van der Waals surface area contributed by atoms with Crippen molar-refractivity contribution in [1.29, 1.82) is 0 Å². The van der Waals surface area contributed by atoms with Gasteiger partial charge < -0.3 is 15.4 Å². The minimum Gasteiger partial charge on any atom is -0.457 e. The fraction of sp³-hybridized carbons (Fsp3) is 0.286. The third-order valence-electron chi connectivity index (χ3n) is 7.46. The predicted octanol–water partition coefficient (Wildman–Crippen LogP) is 5.00. The van der Waals surface area contributed by atoms with Gasteiger partial charge >= 0.3 is 0 Å². The Morgan fingerprint density at radius 3 is 2.58 bits per heavy atom. The minimum absolute atomic E-state index is 0.0181. The first-order valence-electron chi connectivity index (χ1n) is 12.3. The summed E-state index contributed by atoms with van der Waals surface area (Å²) in [6, 6.07) is 17.7. The van der Waals surface area contributed by atoms with Gasteiger partial charge in [0.15, 0.2) is 5.65 Å². The molecule has 2 fully saturated rings. The van der Waals surface area contributed by atoms with Crippen LogP contribution >= 0.6 is 0 Å². The van der Waals surface area contributed by atoms with Gasteiger partial charge in [-0.25, -0.2) is 14.6 Å². The van der Waals surface area contributed by atoms with E-state index in [0.29, 0.717) is 5.82 Å². The lowest BCUT2D eigenvalue weighted by molar-refractivity contribution is -0.132. The first-order chi connectivity index (χ1) is 17.5. The van der Waals surface area contributed by atoms with E-state index in [2.05, 4.69) is 16.5 Å². The zero-order chi connectivity index (χ0) is 24.7. The second kappa shape index (κ2) is 8.78. The van der Waals surface area contributed by atoms with E-state index in [1.54, 1.807) is 0 Å². The molecule has 3 heterocycles. The molecule has 1 spiro atoms. The van der Waals surface area contributed by atoms with Gasteiger partial charge in [-0.15, -0.1) is 0 Å². The maximum atomic E-state index is 12.2. The van der Waals surface area contributed by atoms with E-state index in [0.717, 1.165) is 72.6 Å². The number of para-hydroxylation sites is 1. The van der Waals surface area contributed by atoms with Crippen LogP contribution in [-0.2, 0) is 4.79 Å². The number of carbonyl (C=O) groups excluding carboxylic acids is 1. The topological polar surface area (TPSA) is 99.2 Å². The normalized spacial score (nSPS) is 21.3. The number of nitrogen functional groups attached to an aromatic ring is 1. The lowest BCUT2D eigenvalue weighted by atomic mass is 9.61. The van der Waals surface area contributed by atoms with Crippen molar-refractivity contribution in [2.75, 3.05) is 18.8 Å². The zero-order valence-corrected chi connectivity index (χ0v) is 20.0. The Hall–Kier alpha value is -4.20. The van der Waals surface area contributed by atoms with Crippen LogP contribution in [0.5, 0.6) is 11.5 Å². The summed E-state index contributed by atoms with van der Waals surface area (Å²) < 4.78 is 7.95. The van der Waals surface area contributed by atoms with Crippen molar-refractivity contribution in [3.63, 3.8) is 0 Å². The van der Waals surface area contributed by atoms with Crippen molar-refractivity contribution in [1.82, 2.24) is 24.6 Å². The summed E-state index contributed by atoms with van der Waals surface area (Å²) in [5.74, 6) is 1.97. The van der Waals surface area contributed by atoms with Crippen LogP contribution in [-0.4, -0.2) is 43.6 Å². The van der Waals surface area contributed by atoms with Gasteiger partial charge in [-0.3, -0.25) is 4.79 Å². The van der Waals surface area contributed by atoms with Crippen molar-refractivity contribution < 1.29 is 9.53 Å². The fourth-order valence-corrected chi connectivity index (χ4v) is 5.73. The Morgan fingerprint density at radius 1 is 1.08 bits per heavy atom. The molecule has 182 valence electrons. The summed E-state index contributed by atoms with van der Waals surface area (Å²) in [5, 5.41) is 5.77. The molecule has 8 nitrogen and oxygen atoms in total. The molecular weight excluding hydrogens is 452 g/mol. The molecule has 6 rings (SSSR count). The number of hydrogen-bond donors (Lipinski definition) is 1. The van der Waals surface area contributed by atoms with Gasteiger partial charge in [-0.1, -0.05) is 24.8 Å². The van der Waals surface area contributed by atoms with Gasteiger partial charge in [-0.05, 0) is 73.6 Å². The van der Waals surface area contributed by atoms with Crippen molar-refractivity contribution in [3.8, 4) is 22.8 Å². The number of rotatable bonds is 5. The van der Waals surface area contributed by atoms with E-state index in [1.165, 1.54) is 12.4 Å². The number of anilines is 1. The molecule has 2 aromatic heterocycles. The molecule has 36 heavy (non-hydrogen) atoms. The van der Waals surface area contributed by atoms with Crippen LogP contribution in [0.1, 0.15) is 31.7 Å². The number of nitrogens with zero attached hydrogens (tertiary/aromatic N) is 5. The van der Waals surface area contributed by atoms with Crippen LogP contribution in [0.2, 0.25) is 0 Å². The number of nitrogens with two attached hydrogens (primary N) is 1. The van der Waals surface area contributed by atoms with E-state index in [4.69, 9.17) is 15.6 Å². The van der Waals surface area contributed by atoms with E-state index < -0.39 is 0 Å². The summed E-state index contributed by atoms with van der Waals surface area (Å²) in [7, 11) is 0. The lowest BCUT2D eigenvalue weighted by Crippen LogP contribution is -2.52. The molecule has 0 radical (unpaired) electrons. The molecule has 1 aliphatic heterocycles. The fourth-order valence-electron chi connectivity index (χ4n) is 5.73. The largest absolute Gasteiger partial charge is 0.457 e. The third-order valence-corrected chi connectivity index (χ3v) is 7.46. The quantitative estimate of drug-likeness (QED) is 0.404. The van der Waals surface area contributed by atoms with Crippen molar-refractivity contribution in [2.45, 2.75) is 31.7 Å². The highest BCUT2D eigenvalue weighted by molar-refractivity contribution is 5.98. The number of fused-ring (bicyclic) bond motifs is 1. The van der Waals surface area contributed by atoms with Crippen LogP contribution in [0.15, 0.2) is 73.6 Å². The molecule has 0 atom stereocenters. The maximum Gasteiger partial charge on any atom is 0.245 e. The summed E-state index contributed by atoms with van der Waals surface area (Å²) >= 11 is 0. The van der Waals surface area contributed by atoms with Gasteiger partial charge in [0.2, 0.25) is 5.91 Å². The number of ether oxygens (including phenoxy) is 1. The molecule has 2 aromatic carbocycles. The Morgan fingerprint density at radius 2 is 1.83 bits per heavy atom. The van der Waals surface area contributed by atoms with Crippen molar-refractivity contribution in [2.24, 2.45) is 5.41 Å². The minimum atomic E-state index is 0.0181. The number of benzene rings is 2. The number of amides is 1. The lowest BCUT2D eigenvalue weighted by Gasteiger charge is -2.52.